The molecular weight excluding hydrogens is 395 g/mol. The number of sulfone groups is 1. The molecule has 0 heterocycles. The van der Waals surface area contributed by atoms with Crippen LogP contribution in [-0.4, -0.2) is 37.9 Å². The van der Waals surface area contributed by atoms with Gasteiger partial charge in [-0.3, -0.25) is 4.79 Å². The highest BCUT2D eigenvalue weighted by Gasteiger charge is 2.31. The van der Waals surface area contributed by atoms with E-state index in [1.165, 1.54) is 53.4 Å². The van der Waals surface area contributed by atoms with Crippen LogP contribution in [0.1, 0.15) is 29.8 Å². The van der Waals surface area contributed by atoms with Gasteiger partial charge in [-0.15, -0.1) is 13.2 Å². The van der Waals surface area contributed by atoms with E-state index in [4.69, 9.17) is 0 Å². The van der Waals surface area contributed by atoms with Crippen molar-refractivity contribution in [2.24, 2.45) is 0 Å². The summed E-state index contributed by atoms with van der Waals surface area (Å²) in [6.07, 6.45) is -4.76. The maximum atomic E-state index is 12.5. The summed E-state index contributed by atoms with van der Waals surface area (Å²) < 4.78 is 64.6. The van der Waals surface area contributed by atoms with Crippen LogP contribution in [0, 0.1) is 0 Å². The number of carbonyl (C=O) groups is 1. The first kappa shape index (κ1) is 21.7. The van der Waals surface area contributed by atoms with E-state index in [-0.39, 0.29) is 23.1 Å². The molecule has 9 heteroatoms. The van der Waals surface area contributed by atoms with Gasteiger partial charge >= 0.3 is 6.36 Å². The highest BCUT2D eigenvalue weighted by Crippen LogP contribution is 2.23. The minimum absolute atomic E-state index is 0.141. The van der Waals surface area contributed by atoms with Crippen LogP contribution in [0.15, 0.2) is 53.4 Å². The number of hydrogen-bond donors (Lipinski definition) is 0. The monoisotopic (exact) mass is 415 g/mol. The normalized spacial score (nSPS) is 12.1. The van der Waals surface area contributed by atoms with Crippen molar-refractivity contribution in [1.29, 1.82) is 0 Å². The summed E-state index contributed by atoms with van der Waals surface area (Å²) in [4.78, 5) is 14.0. The molecule has 0 saturated heterocycles. The van der Waals surface area contributed by atoms with E-state index in [0.29, 0.717) is 11.1 Å². The van der Waals surface area contributed by atoms with Crippen molar-refractivity contribution in [1.82, 2.24) is 4.90 Å². The van der Waals surface area contributed by atoms with Crippen LogP contribution in [0.25, 0.3) is 0 Å². The second-order valence-electron chi connectivity index (χ2n) is 6.47. The average Bonchev–Trinajstić information content (AvgIpc) is 2.61. The van der Waals surface area contributed by atoms with Gasteiger partial charge in [0.1, 0.15) is 5.75 Å². The molecule has 5 nitrogen and oxygen atoms in total. The quantitative estimate of drug-likeness (QED) is 0.714. The zero-order chi connectivity index (χ0) is 21.1. The van der Waals surface area contributed by atoms with Crippen molar-refractivity contribution in [3.63, 3.8) is 0 Å². The number of nitrogens with zero attached hydrogens (tertiary/aromatic N) is 1. The Morgan fingerprint density at radius 2 is 1.57 bits per heavy atom. The summed E-state index contributed by atoms with van der Waals surface area (Å²) in [5, 5.41) is -0.568. The predicted octanol–water partition coefficient (Wildman–Crippen LogP) is 4.04. The molecule has 2 aromatic carbocycles. The van der Waals surface area contributed by atoms with Gasteiger partial charge in [0.15, 0.2) is 9.84 Å². The zero-order valence-electron chi connectivity index (χ0n) is 15.5. The second-order valence-corrected chi connectivity index (χ2v) is 8.98. The van der Waals surface area contributed by atoms with Crippen molar-refractivity contribution in [2.75, 3.05) is 7.05 Å². The fraction of sp³-hybridized carbons (Fsp3) is 0.316. The molecule has 28 heavy (non-hydrogen) atoms. The lowest BCUT2D eigenvalue weighted by atomic mass is 10.1. The van der Waals surface area contributed by atoms with Crippen LogP contribution < -0.4 is 4.74 Å². The molecule has 152 valence electrons. The molecule has 0 aliphatic heterocycles. The summed E-state index contributed by atoms with van der Waals surface area (Å²) in [6.45, 7) is 3.32. The van der Waals surface area contributed by atoms with Crippen molar-refractivity contribution >= 4 is 15.7 Å². The van der Waals surface area contributed by atoms with E-state index < -0.39 is 21.4 Å². The molecule has 0 aliphatic carbocycles. The van der Waals surface area contributed by atoms with Gasteiger partial charge < -0.3 is 9.64 Å². The van der Waals surface area contributed by atoms with Crippen molar-refractivity contribution in [3.05, 3.63) is 59.7 Å². The van der Waals surface area contributed by atoms with Gasteiger partial charge in [-0.1, -0.05) is 12.1 Å². The molecule has 2 aromatic rings. The first-order chi connectivity index (χ1) is 12.9. The molecule has 0 fully saturated rings. The lowest BCUT2D eigenvalue weighted by Crippen LogP contribution is -2.26. The van der Waals surface area contributed by atoms with Crippen LogP contribution >= 0.6 is 0 Å². The Hall–Kier alpha value is -2.55. The van der Waals surface area contributed by atoms with E-state index in [2.05, 4.69) is 4.74 Å². The third-order valence-electron chi connectivity index (χ3n) is 3.97. The smallest absolute Gasteiger partial charge is 0.406 e. The molecule has 0 spiro atoms. The predicted molar refractivity (Wildman–Crippen MR) is 97.7 cm³/mol. The second kappa shape index (κ2) is 8.22. The number of halogens is 3. The van der Waals surface area contributed by atoms with Crippen molar-refractivity contribution < 1.29 is 31.1 Å². The van der Waals surface area contributed by atoms with E-state index in [1.807, 2.05) is 0 Å². The van der Waals surface area contributed by atoms with Gasteiger partial charge in [0, 0.05) is 19.2 Å². The highest BCUT2D eigenvalue weighted by atomic mass is 32.2. The molecule has 0 atom stereocenters. The van der Waals surface area contributed by atoms with Crippen LogP contribution in [0.2, 0.25) is 0 Å². The van der Waals surface area contributed by atoms with Gasteiger partial charge in [-0.05, 0) is 55.8 Å². The molecule has 0 radical (unpaired) electrons. The first-order valence-corrected chi connectivity index (χ1v) is 9.89. The van der Waals surface area contributed by atoms with E-state index >= 15 is 0 Å². The third-order valence-corrected chi connectivity index (χ3v) is 6.14. The molecule has 0 N–H and O–H groups in total. The summed E-state index contributed by atoms with van der Waals surface area (Å²) in [5.74, 6) is -0.684. The fourth-order valence-electron chi connectivity index (χ4n) is 2.42. The Balaban J connectivity index is 2.06. The molecule has 0 aromatic heterocycles. The number of hydrogen-bond acceptors (Lipinski definition) is 4. The maximum Gasteiger partial charge on any atom is 0.573 e. The standard InChI is InChI=1S/C19H20F3NO4S/c1-13(2)28(25,26)17-10-6-15(7-11-17)18(24)23(3)12-14-4-8-16(9-5-14)27-19(20,21)22/h4-11,13H,12H2,1-3H3. The van der Waals surface area contributed by atoms with Gasteiger partial charge in [0.05, 0.1) is 10.1 Å². The van der Waals surface area contributed by atoms with Crippen LogP contribution in [0.5, 0.6) is 5.75 Å². The van der Waals surface area contributed by atoms with Crippen molar-refractivity contribution in [2.45, 2.75) is 36.9 Å². The Kier molecular flexibility index (Phi) is 6.38. The lowest BCUT2D eigenvalue weighted by Gasteiger charge is -2.18. The maximum absolute atomic E-state index is 12.5. The van der Waals surface area contributed by atoms with Crippen LogP contribution in [0.3, 0.4) is 0 Å². The van der Waals surface area contributed by atoms with E-state index in [1.54, 1.807) is 20.9 Å². The molecule has 1 amide bonds. The van der Waals surface area contributed by atoms with Gasteiger partial charge in [-0.25, -0.2) is 8.42 Å². The Bertz CT molecular complexity index is 921. The number of alkyl halides is 3. The average molecular weight is 415 g/mol. The van der Waals surface area contributed by atoms with E-state index in [9.17, 15) is 26.4 Å². The zero-order valence-corrected chi connectivity index (χ0v) is 16.3. The number of ether oxygens (including phenoxy) is 1. The topological polar surface area (TPSA) is 63.7 Å². The summed E-state index contributed by atoms with van der Waals surface area (Å²) in [5.41, 5.74) is 0.923. The summed E-state index contributed by atoms with van der Waals surface area (Å²) in [6, 6.07) is 10.9. The molecular formula is C19H20F3NO4S. The number of amides is 1. The molecule has 0 unspecified atom stereocenters. The van der Waals surface area contributed by atoms with Crippen molar-refractivity contribution in [3.8, 4) is 5.75 Å². The Morgan fingerprint density at radius 1 is 1.04 bits per heavy atom. The van der Waals surface area contributed by atoms with Crippen LogP contribution in [0.4, 0.5) is 13.2 Å². The minimum Gasteiger partial charge on any atom is -0.406 e. The first-order valence-electron chi connectivity index (χ1n) is 8.34. The molecule has 0 bridgehead atoms. The molecule has 0 aliphatic rings. The number of benzene rings is 2. The lowest BCUT2D eigenvalue weighted by molar-refractivity contribution is -0.274. The number of carbonyl (C=O) groups excluding carboxylic acids is 1. The van der Waals surface area contributed by atoms with Crippen LogP contribution in [-0.2, 0) is 16.4 Å². The Morgan fingerprint density at radius 3 is 2.04 bits per heavy atom. The molecule has 0 saturated carbocycles. The fourth-order valence-corrected chi connectivity index (χ4v) is 3.48. The molecule has 2 rings (SSSR count). The summed E-state index contributed by atoms with van der Waals surface area (Å²) >= 11 is 0. The van der Waals surface area contributed by atoms with E-state index in [0.717, 1.165) is 0 Å². The summed E-state index contributed by atoms with van der Waals surface area (Å²) in [7, 11) is -1.88. The third kappa shape index (κ3) is 5.48. The number of rotatable bonds is 6. The van der Waals surface area contributed by atoms with Gasteiger partial charge in [0.2, 0.25) is 0 Å². The van der Waals surface area contributed by atoms with Gasteiger partial charge in [0.25, 0.3) is 5.91 Å². The SMILES string of the molecule is CC(C)S(=O)(=O)c1ccc(C(=O)N(C)Cc2ccc(OC(F)(F)F)cc2)cc1. The highest BCUT2D eigenvalue weighted by molar-refractivity contribution is 7.92. The minimum atomic E-state index is -4.76. The largest absolute Gasteiger partial charge is 0.573 e. The van der Waals surface area contributed by atoms with Gasteiger partial charge in [-0.2, -0.15) is 0 Å². The Labute approximate surface area is 161 Å².